The molecule has 0 amide bonds. The van der Waals surface area contributed by atoms with Gasteiger partial charge in [-0.15, -0.1) is 11.3 Å². The number of hydrogen-bond acceptors (Lipinski definition) is 3. The molecule has 3 nitrogen and oxygen atoms in total. The van der Waals surface area contributed by atoms with E-state index in [-0.39, 0.29) is 0 Å². The Hall–Kier alpha value is -0.940. The molecule has 2 aromatic heterocycles. The molecule has 1 saturated carbocycles. The molecule has 2 unspecified atom stereocenters. The highest BCUT2D eigenvalue weighted by Crippen LogP contribution is 2.38. The van der Waals surface area contributed by atoms with Crippen LogP contribution in [0.1, 0.15) is 39.2 Å². The van der Waals surface area contributed by atoms with Crippen molar-refractivity contribution >= 4 is 23.6 Å². The summed E-state index contributed by atoms with van der Waals surface area (Å²) in [6, 6.07) is 4.66. The Bertz CT molecular complexity index is 586. The lowest BCUT2D eigenvalue weighted by Crippen LogP contribution is -2.23. The van der Waals surface area contributed by atoms with Crippen molar-refractivity contribution in [3.05, 3.63) is 22.3 Å². The van der Waals surface area contributed by atoms with Crippen molar-refractivity contribution in [3.8, 4) is 10.7 Å². The van der Waals surface area contributed by atoms with Crippen LogP contribution >= 0.6 is 23.6 Å². The fraction of sp³-hybridized carbons (Fsp3) is 0.571. The predicted molar refractivity (Wildman–Crippen MR) is 81.9 cm³/mol. The summed E-state index contributed by atoms with van der Waals surface area (Å²) in [4.78, 5) is 1.19. The second-order valence-electron chi connectivity index (χ2n) is 5.77. The Labute approximate surface area is 122 Å². The average molecular weight is 293 g/mol. The van der Waals surface area contributed by atoms with Gasteiger partial charge in [-0.1, -0.05) is 19.9 Å². The number of thiophene rings is 1. The molecule has 0 spiro atoms. The van der Waals surface area contributed by atoms with Crippen LogP contribution in [0, 0.1) is 16.6 Å². The normalized spacial score (nSPS) is 27.6. The number of nitrogens with zero attached hydrogens (tertiary/aromatic N) is 2. The van der Waals surface area contributed by atoms with E-state index < -0.39 is 0 Å². The lowest BCUT2D eigenvalue weighted by atomic mass is 9.80. The number of aromatic nitrogens is 3. The van der Waals surface area contributed by atoms with Gasteiger partial charge in [0.1, 0.15) is 0 Å². The minimum Gasteiger partial charge on any atom is -0.296 e. The first-order chi connectivity index (χ1) is 9.15. The maximum atomic E-state index is 5.45. The third-order valence-corrected chi connectivity index (χ3v) is 5.12. The van der Waals surface area contributed by atoms with Crippen LogP contribution in [0.25, 0.3) is 10.7 Å². The molecule has 19 heavy (non-hydrogen) atoms. The van der Waals surface area contributed by atoms with Crippen LogP contribution in [0.4, 0.5) is 0 Å². The van der Waals surface area contributed by atoms with Gasteiger partial charge in [0.2, 0.25) is 0 Å². The van der Waals surface area contributed by atoms with Gasteiger partial charge in [-0.05, 0) is 54.8 Å². The van der Waals surface area contributed by atoms with E-state index in [2.05, 4.69) is 46.1 Å². The molecule has 1 fully saturated rings. The van der Waals surface area contributed by atoms with Gasteiger partial charge in [0.25, 0.3) is 0 Å². The van der Waals surface area contributed by atoms with Crippen molar-refractivity contribution in [1.82, 2.24) is 14.8 Å². The van der Waals surface area contributed by atoms with Crippen molar-refractivity contribution in [2.75, 3.05) is 0 Å². The largest absolute Gasteiger partial charge is 0.296 e. The molecule has 0 aliphatic heterocycles. The molecule has 2 atom stereocenters. The molecular formula is C14H19N3S2. The molecule has 0 aromatic carbocycles. The van der Waals surface area contributed by atoms with Crippen LogP contribution in [0.3, 0.4) is 0 Å². The molecule has 1 aliphatic rings. The first-order valence-corrected chi connectivity index (χ1v) is 8.14. The van der Waals surface area contributed by atoms with E-state index in [1.807, 2.05) is 0 Å². The molecule has 5 heteroatoms. The van der Waals surface area contributed by atoms with Gasteiger partial charge < -0.3 is 0 Å². The zero-order valence-electron chi connectivity index (χ0n) is 11.3. The molecule has 2 heterocycles. The highest BCUT2D eigenvalue weighted by atomic mass is 32.1. The third kappa shape index (κ3) is 2.54. The van der Waals surface area contributed by atoms with Gasteiger partial charge in [-0.25, -0.2) is 0 Å². The Morgan fingerprint density at radius 2 is 2.05 bits per heavy atom. The first kappa shape index (κ1) is 13.1. The topological polar surface area (TPSA) is 33.6 Å². The summed E-state index contributed by atoms with van der Waals surface area (Å²) < 4.78 is 3.00. The summed E-state index contributed by atoms with van der Waals surface area (Å²) in [5.41, 5.74) is 0. The Kier molecular flexibility index (Phi) is 3.58. The highest BCUT2D eigenvalue weighted by Gasteiger charge is 2.27. The monoisotopic (exact) mass is 293 g/mol. The molecule has 0 saturated heterocycles. The fourth-order valence-electron chi connectivity index (χ4n) is 3.34. The minimum absolute atomic E-state index is 0.488. The van der Waals surface area contributed by atoms with Crippen molar-refractivity contribution in [3.63, 3.8) is 0 Å². The molecule has 0 bridgehead atoms. The summed E-state index contributed by atoms with van der Waals surface area (Å²) in [5, 5.41) is 9.50. The zero-order chi connectivity index (χ0) is 13.4. The second kappa shape index (κ2) is 5.21. The fourth-order valence-corrected chi connectivity index (χ4v) is 4.33. The lowest BCUT2D eigenvalue weighted by molar-refractivity contribution is 0.221. The smallest absolute Gasteiger partial charge is 0.195 e. The molecular weight excluding hydrogens is 274 g/mol. The van der Waals surface area contributed by atoms with Crippen molar-refractivity contribution in [2.45, 2.75) is 39.2 Å². The summed E-state index contributed by atoms with van der Waals surface area (Å²) in [7, 11) is 0. The minimum atomic E-state index is 0.488. The molecule has 1 N–H and O–H groups in total. The summed E-state index contributed by atoms with van der Waals surface area (Å²) in [6.07, 6.45) is 3.74. The van der Waals surface area contributed by atoms with Gasteiger partial charge in [-0.2, -0.15) is 5.10 Å². The maximum absolute atomic E-state index is 5.45. The van der Waals surface area contributed by atoms with Crippen LogP contribution in [0.15, 0.2) is 17.5 Å². The highest BCUT2D eigenvalue weighted by molar-refractivity contribution is 7.71. The predicted octanol–water partition coefficient (Wildman–Crippen LogP) is 4.67. The maximum Gasteiger partial charge on any atom is 0.195 e. The number of rotatable bonds is 2. The number of H-pyrrole nitrogens is 1. The van der Waals surface area contributed by atoms with Gasteiger partial charge in [0.15, 0.2) is 10.6 Å². The van der Waals surface area contributed by atoms with Crippen molar-refractivity contribution < 1.29 is 0 Å². The SMILES string of the molecule is CC1CC(C)CC(n2c(-c3cccs3)n[nH]c2=S)C1. The summed E-state index contributed by atoms with van der Waals surface area (Å²) >= 11 is 7.17. The van der Waals surface area contributed by atoms with Gasteiger partial charge in [-0.3, -0.25) is 9.67 Å². The van der Waals surface area contributed by atoms with E-state index in [4.69, 9.17) is 12.2 Å². The van der Waals surface area contributed by atoms with Crippen LogP contribution in [-0.2, 0) is 0 Å². The molecule has 102 valence electrons. The Balaban J connectivity index is 2.00. The van der Waals surface area contributed by atoms with E-state index in [9.17, 15) is 0 Å². The standard InChI is InChI=1S/C14H19N3S2/c1-9-6-10(2)8-11(7-9)17-13(15-16-14(17)18)12-4-3-5-19-12/h3-5,9-11H,6-8H2,1-2H3,(H,16,18). The third-order valence-electron chi connectivity index (χ3n) is 3.96. The Morgan fingerprint density at radius 1 is 1.32 bits per heavy atom. The van der Waals surface area contributed by atoms with E-state index in [0.29, 0.717) is 6.04 Å². The number of nitrogens with one attached hydrogen (secondary N) is 1. The Morgan fingerprint density at radius 3 is 2.68 bits per heavy atom. The molecule has 3 rings (SSSR count). The molecule has 1 aliphatic carbocycles. The van der Waals surface area contributed by atoms with Gasteiger partial charge in [0, 0.05) is 6.04 Å². The lowest BCUT2D eigenvalue weighted by Gasteiger charge is -2.32. The van der Waals surface area contributed by atoms with Crippen molar-refractivity contribution in [2.24, 2.45) is 11.8 Å². The summed E-state index contributed by atoms with van der Waals surface area (Å²) in [6.45, 7) is 4.69. The van der Waals surface area contributed by atoms with Gasteiger partial charge >= 0.3 is 0 Å². The second-order valence-corrected chi connectivity index (χ2v) is 7.11. The summed E-state index contributed by atoms with van der Waals surface area (Å²) in [5.74, 6) is 2.54. The molecule has 0 radical (unpaired) electrons. The van der Waals surface area contributed by atoms with Crippen LogP contribution in [-0.4, -0.2) is 14.8 Å². The van der Waals surface area contributed by atoms with Crippen LogP contribution in [0.5, 0.6) is 0 Å². The quantitative estimate of drug-likeness (QED) is 0.817. The van der Waals surface area contributed by atoms with Crippen LogP contribution in [0.2, 0.25) is 0 Å². The van der Waals surface area contributed by atoms with E-state index >= 15 is 0 Å². The average Bonchev–Trinajstić information content (AvgIpc) is 2.95. The van der Waals surface area contributed by atoms with Gasteiger partial charge in [0.05, 0.1) is 4.88 Å². The zero-order valence-corrected chi connectivity index (χ0v) is 12.9. The number of hydrogen-bond donors (Lipinski definition) is 1. The molecule has 2 aromatic rings. The first-order valence-electron chi connectivity index (χ1n) is 6.86. The number of aromatic amines is 1. The van der Waals surface area contributed by atoms with Crippen LogP contribution < -0.4 is 0 Å². The van der Waals surface area contributed by atoms with E-state index in [1.54, 1.807) is 11.3 Å². The van der Waals surface area contributed by atoms with E-state index in [0.717, 1.165) is 22.4 Å². The van der Waals surface area contributed by atoms with Crippen molar-refractivity contribution in [1.29, 1.82) is 0 Å². The van der Waals surface area contributed by atoms with E-state index in [1.165, 1.54) is 24.1 Å².